The molecule has 1 aliphatic rings. The van der Waals surface area contributed by atoms with Crippen molar-refractivity contribution in [3.63, 3.8) is 0 Å². The Balaban J connectivity index is 2.33. The fourth-order valence-corrected chi connectivity index (χ4v) is 3.16. The first-order valence-electron chi connectivity index (χ1n) is 6.29. The summed E-state index contributed by atoms with van der Waals surface area (Å²) in [6.07, 6.45) is 1.37. The summed E-state index contributed by atoms with van der Waals surface area (Å²) in [5.74, 6) is -0.334. The molecule has 0 radical (unpaired) electrons. The van der Waals surface area contributed by atoms with Crippen molar-refractivity contribution in [3.8, 4) is 0 Å². The van der Waals surface area contributed by atoms with Crippen molar-refractivity contribution in [3.05, 3.63) is 42.0 Å². The molecule has 0 aliphatic heterocycles. The van der Waals surface area contributed by atoms with Gasteiger partial charge in [0.05, 0.1) is 0 Å². The van der Waals surface area contributed by atoms with Crippen molar-refractivity contribution in [1.82, 2.24) is 0 Å². The second kappa shape index (κ2) is 6.02. The van der Waals surface area contributed by atoms with Gasteiger partial charge in [0.1, 0.15) is 20.9 Å². The highest BCUT2D eigenvalue weighted by Crippen LogP contribution is 2.33. The molecular formula is C14H13Cl2NO4S. The number of ketones is 1. The van der Waals surface area contributed by atoms with E-state index in [1.165, 1.54) is 25.1 Å². The molecule has 0 saturated carbocycles. The number of rotatable bonds is 3. The van der Waals surface area contributed by atoms with Gasteiger partial charge in [0.15, 0.2) is 5.78 Å². The van der Waals surface area contributed by atoms with E-state index < -0.39 is 20.4 Å². The van der Waals surface area contributed by atoms with Gasteiger partial charge >= 0.3 is 10.1 Å². The predicted molar refractivity (Wildman–Crippen MR) is 84.8 cm³/mol. The third kappa shape index (κ3) is 3.19. The Kier molecular flexibility index (Phi) is 4.65. The van der Waals surface area contributed by atoms with Gasteiger partial charge in [-0.15, -0.1) is 23.2 Å². The molecule has 5 nitrogen and oxygen atoms in total. The van der Waals surface area contributed by atoms with Crippen molar-refractivity contribution >= 4 is 44.8 Å². The van der Waals surface area contributed by atoms with Crippen LogP contribution in [0.15, 0.2) is 52.0 Å². The van der Waals surface area contributed by atoms with Crippen LogP contribution < -0.4 is 0 Å². The summed E-state index contributed by atoms with van der Waals surface area (Å²) in [6.45, 7) is 3.00. The second-order valence-electron chi connectivity index (χ2n) is 4.95. The first-order valence-corrected chi connectivity index (χ1v) is 8.51. The number of oxime groups is 1. The van der Waals surface area contributed by atoms with Gasteiger partial charge in [-0.25, -0.2) is 0 Å². The van der Waals surface area contributed by atoms with Crippen molar-refractivity contribution in [2.24, 2.45) is 5.16 Å². The summed E-state index contributed by atoms with van der Waals surface area (Å²) < 4.78 is 28.7. The molecule has 8 heteroatoms. The molecule has 2 atom stereocenters. The molecular weight excluding hydrogens is 349 g/mol. The van der Waals surface area contributed by atoms with Crippen LogP contribution in [0.3, 0.4) is 0 Å². The molecule has 118 valence electrons. The van der Waals surface area contributed by atoms with Crippen molar-refractivity contribution in [2.75, 3.05) is 0 Å². The highest BCUT2D eigenvalue weighted by atomic mass is 35.5. The van der Waals surface area contributed by atoms with E-state index in [2.05, 4.69) is 9.44 Å². The molecule has 0 spiro atoms. The molecule has 0 saturated heterocycles. The molecule has 1 aliphatic carbocycles. The van der Waals surface area contributed by atoms with E-state index in [0.717, 1.165) is 0 Å². The molecule has 2 unspecified atom stereocenters. The summed E-state index contributed by atoms with van der Waals surface area (Å²) in [7, 11) is -4.05. The number of benzene rings is 1. The van der Waals surface area contributed by atoms with Crippen molar-refractivity contribution < 1.29 is 17.5 Å². The number of allylic oxidation sites excluding steroid dienone is 2. The number of carbonyl (C=O) groups excluding carboxylic acids is 1. The van der Waals surface area contributed by atoms with E-state index in [1.54, 1.807) is 25.1 Å². The van der Waals surface area contributed by atoms with Gasteiger partial charge in [0.2, 0.25) is 0 Å². The number of Topliss-reactive ketones (excluding diaryl/α,β-unsaturated/α-hetero) is 1. The lowest BCUT2D eigenvalue weighted by Gasteiger charge is -2.29. The van der Waals surface area contributed by atoms with Crippen LogP contribution in [-0.2, 0) is 19.2 Å². The fraction of sp³-hybridized carbons (Fsp3) is 0.286. The molecule has 1 aromatic rings. The average molecular weight is 362 g/mol. The standard InChI is InChI=1S/C14H13Cl2NO4S/c1-9-8-11(12(15)14(2,16)13(9)18)17-21-22(19,20)10-6-4-3-5-7-10/h3-8,12H,1-2H3. The highest BCUT2D eigenvalue weighted by molar-refractivity contribution is 7.86. The van der Waals surface area contributed by atoms with E-state index in [0.29, 0.717) is 5.57 Å². The molecule has 0 bridgehead atoms. The molecule has 0 amide bonds. The lowest BCUT2D eigenvalue weighted by Crippen LogP contribution is -2.46. The first kappa shape index (κ1) is 17.0. The number of nitrogens with zero attached hydrogens (tertiary/aromatic N) is 1. The zero-order valence-electron chi connectivity index (χ0n) is 11.8. The molecule has 0 N–H and O–H groups in total. The maximum Gasteiger partial charge on any atom is 0.358 e. The minimum Gasteiger partial charge on any atom is -0.292 e. The Bertz CT molecular complexity index is 754. The molecule has 0 aromatic heterocycles. The van der Waals surface area contributed by atoms with Gasteiger partial charge in [-0.05, 0) is 37.6 Å². The molecule has 0 heterocycles. The molecule has 1 aromatic carbocycles. The Morgan fingerprint density at radius 3 is 2.45 bits per heavy atom. The summed E-state index contributed by atoms with van der Waals surface area (Å²) in [4.78, 5) is 10.5. The molecule has 2 rings (SSSR count). The Labute approximate surface area is 138 Å². The zero-order chi connectivity index (χ0) is 16.5. The lowest BCUT2D eigenvalue weighted by atomic mass is 9.87. The quantitative estimate of drug-likeness (QED) is 0.612. The highest BCUT2D eigenvalue weighted by Gasteiger charge is 2.45. The van der Waals surface area contributed by atoms with Gasteiger partial charge in [-0.3, -0.25) is 9.08 Å². The number of alkyl halides is 2. The number of halogens is 2. The lowest BCUT2D eigenvalue weighted by molar-refractivity contribution is -0.117. The van der Waals surface area contributed by atoms with Crippen LogP contribution in [0.4, 0.5) is 0 Å². The fourth-order valence-electron chi connectivity index (χ4n) is 1.93. The van der Waals surface area contributed by atoms with E-state index >= 15 is 0 Å². The minimum atomic E-state index is -4.05. The third-order valence-electron chi connectivity index (χ3n) is 3.17. The van der Waals surface area contributed by atoms with Crippen molar-refractivity contribution in [2.45, 2.75) is 29.0 Å². The Morgan fingerprint density at radius 2 is 1.86 bits per heavy atom. The second-order valence-corrected chi connectivity index (χ2v) is 7.70. The van der Waals surface area contributed by atoms with Crippen LogP contribution in [0.2, 0.25) is 0 Å². The number of hydrogen-bond donors (Lipinski definition) is 0. The first-order chi connectivity index (χ1) is 10.2. The van der Waals surface area contributed by atoms with Gasteiger partial charge < -0.3 is 0 Å². The zero-order valence-corrected chi connectivity index (χ0v) is 14.1. The van der Waals surface area contributed by atoms with E-state index in [1.807, 2.05) is 0 Å². The summed E-state index contributed by atoms with van der Waals surface area (Å²) in [5.41, 5.74) is 0.407. The normalized spacial score (nSPS) is 27.6. The summed E-state index contributed by atoms with van der Waals surface area (Å²) in [6, 6.07) is 7.56. The Hall–Kier alpha value is -1.37. The monoisotopic (exact) mass is 361 g/mol. The smallest absolute Gasteiger partial charge is 0.292 e. The van der Waals surface area contributed by atoms with E-state index in [-0.39, 0.29) is 16.4 Å². The van der Waals surface area contributed by atoms with Gasteiger partial charge in [0, 0.05) is 0 Å². The van der Waals surface area contributed by atoms with Crippen LogP contribution in [-0.4, -0.2) is 30.2 Å². The van der Waals surface area contributed by atoms with Gasteiger partial charge in [0.25, 0.3) is 0 Å². The van der Waals surface area contributed by atoms with Crippen molar-refractivity contribution in [1.29, 1.82) is 0 Å². The average Bonchev–Trinajstić information content (AvgIpc) is 2.49. The van der Waals surface area contributed by atoms with Crippen LogP contribution >= 0.6 is 23.2 Å². The van der Waals surface area contributed by atoms with Gasteiger partial charge in [-0.2, -0.15) is 8.42 Å². The third-order valence-corrected chi connectivity index (χ3v) is 5.46. The van der Waals surface area contributed by atoms with Crippen LogP contribution in [0, 0.1) is 0 Å². The number of hydrogen-bond acceptors (Lipinski definition) is 5. The maximum atomic E-state index is 12.0. The summed E-state index contributed by atoms with van der Waals surface area (Å²) >= 11 is 12.2. The molecule has 22 heavy (non-hydrogen) atoms. The van der Waals surface area contributed by atoms with Crippen LogP contribution in [0.25, 0.3) is 0 Å². The minimum absolute atomic E-state index is 0.0355. The van der Waals surface area contributed by atoms with Crippen LogP contribution in [0.1, 0.15) is 13.8 Å². The van der Waals surface area contributed by atoms with E-state index in [4.69, 9.17) is 23.2 Å². The molecule has 0 fully saturated rings. The topological polar surface area (TPSA) is 72.8 Å². The SMILES string of the molecule is CC1=CC(=NOS(=O)(=O)c2ccccc2)C(Cl)C(C)(Cl)C1=O. The van der Waals surface area contributed by atoms with Crippen LogP contribution in [0.5, 0.6) is 0 Å². The number of carbonyl (C=O) groups is 1. The summed E-state index contributed by atoms with van der Waals surface area (Å²) in [5, 5.41) is 2.57. The largest absolute Gasteiger partial charge is 0.358 e. The van der Waals surface area contributed by atoms with E-state index in [9.17, 15) is 13.2 Å². The van der Waals surface area contributed by atoms with Gasteiger partial charge in [-0.1, -0.05) is 23.4 Å². The maximum absolute atomic E-state index is 12.0. The predicted octanol–water partition coefficient (Wildman–Crippen LogP) is 2.88. The Morgan fingerprint density at radius 1 is 1.27 bits per heavy atom.